The Morgan fingerprint density at radius 1 is 1.41 bits per heavy atom. The number of amides is 1. The van der Waals surface area contributed by atoms with Crippen molar-refractivity contribution in [3.8, 4) is 11.5 Å². The van der Waals surface area contributed by atoms with Crippen LogP contribution in [0.5, 0.6) is 11.5 Å². The van der Waals surface area contributed by atoms with Crippen LogP contribution in [0.3, 0.4) is 0 Å². The summed E-state index contributed by atoms with van der Waals surface area (Å²) >= 11 is 1.41. The first-order valence-electron chi connectivity index (χ1n) is 7.33. The summed E-state index contributed by atoms with van der Waals surface area (Å²) in [7, 11) is 1.39. The minimum absolute atomic E-state index is 0. The Labute approximate surface area is 172 Å². The third-order valence-corrected chi connectivity index (χ3v) is 3.95. The van der Waals surface area contributed by atoms with E-state index in [0.717, 1.165) is 0 Å². The number of methoxy groups -OCH3 is 1. The number of thiazole rings is 1. The molecule has 2 aromatic rings. The monoisotopic (exact) mass is 438 g/mol. The zero-order chi connectivity index (χ0) is 18.4. The molecule has 1 amide bonds. The molecule has 0 fully saturated rings. The van der Waals surface area contributed by atoms with Gasteiger partial charge in [0.25, 0.3) is 11.6 Å². The number of hydrogen-bond acceptors (Lipinski definition) is 8. The van der Waals surface area contributed by atoms with Gasteiger partial charge in [-0.3, -0.25) is 14.9 Å². The molecule has 0 radical (unpaired) electrons. The van der Waals surface area contributed by atoms with E-state index in [1.54, 1.807) is 17.8 Å². The third kappa shape index (κ3) is 6.51. The summed E-state index contributed by atoms with van der Waals surface area (Å²) < 4.78 is 10.8. The minimum atomic E-state index is -0.642. The predicted octanol–water partition coefficient (Wildman–Crippen LogP) is 2.56. The van der Waals surface area contributed by atoms with Gasteiger partial charge in [0.2, 0.25) is 0 Å². The number of aromatic nitrogens is 1. The Hall–Kier alpha value is -2.14. The lowest BCUT2D eigenvalue weighted by Crippen LogP contribution is -2.38. The number of carbonyl (C=O) groups excluding carboxylic acids is 1. The van der Waals surface area contributed by atoms with E-state index in [0.29, 0.717) is 5.69 Å². The Balaban J connectivity index is 0.00000338. The molecule has 1 atom stereocenters. The highest BCUT2D eigenvalue weighted by molar-refractivity contribution is 7.07. The van der Waals surface area contributed by atoms with E-state index in [9.17, 15) is 14.9 Å². The number of nitrogens with one attached hydrogen (secondary N) is 1. The van der Waals surface area contributed by atoms with Gasteiger partial charge in [0.05, 0.1) is 29.3 Å². The quantitative estimate of drug-likeness (QED) is 0.478. The summed E-state index contributed by atoms with van der Waals surface area (Å²) in [6.45, 7) is 2.05. The fraction of sp³-hybridized carbons (Fsp3) is 0.333. The maximum absolute atomic E-state index is 12.3. The van der Waals surface area contributed by atoms with Crippen molar-refractivity contribution in [2.45, 2.75) is 19.6 Å². The molecule has 1 heterocycles. The first kappa shape index (κ1) is 24.9. The van der Waals surface area contributed by atoms with Crippen LogP contribution in [-0.4, -0.2) is 35.5 Å². The van der Waals surface area contributed by atoms with Crippen LogP contribution in [0.4, 0.5) is 5.69 Å². The fourth-order valence-corrected chi connectivity index (χ4v) is 2.52. The van der Waals surface area contributed by atoms with E-state index in [1.165, 1.54) is 30.6 Å². The van der Waals surface area contributed by atoms with Gasteiger partial charge in [0, 0.05) is 24.0 Å². The van der Waals surface area contributed by atoms with Crippen LogP contribution in [0.25, 0.3) is 0 Å². The van der Waals surface area contributed by atoms with E-state index >= 15 is 0 Å². The standard InChI is InChI=1S/C15H18N4O5S.2ClH/c1-9(5-16)18-15(20)11-3-13(23-2)14(4-12(11)19(21)22)24-6-10-7-25-8-17-10;;/h3-4,7-9H,5-6,16H2,1-2H3,(H,18,20);2*1H/t9-;;/m0../s1. The number of nitrogens with two attached hydrogens (primary N) is 1. The molecule has 27 heavy (non-hydrogen) atoms. The van der Waals surface area contributed by atoms with Gasteiger partial charge < -0.3 is 20.5 Å². The second-order valence-corrected chi connectivity index (χ2v) is 5.87. The zero-order valence-electron chi connectivity index (χ0n) is 14.5. The highest BCUT2D eigenvalue weighted by Crippen LogP contribution is 2.35. The maximum atomic E-state index is 12.3. The van der Waals surface area contributed by atoms with Gasteiger partial charge in [0.15, 0.2) is 11.5 Å². The number of nitro groups is 1. The summed E-state index contributed by atoms with van der Waals surface area (Å²) in [5.41, 5.74) is 7.31. The molecule has 1 aromatic heterocycles. The average molecular weight is 439 g/mol. The number of halogens is 2. The lowest BCUT2D eigenvalue weighted by atomic mass is 10.1. The second-order valence-electron chi connectivity index (χ2n) is 5.16. The Kier molecular flexibility index (Phi) is 10.6. The SMILES string of the molecule is COc1cc(C(=O)N[C@@H](C)CN)c([N+](=O)[O-])cc1OCc1cscn1.Cl.Cl. The molecular weight excluding hydrogens is 419 g/mol. The summed E-state index contributed by atoms with van der Waals surface area (Å²) in [6.07, 6.45) is 0. The molecule has 0 aliphatic heterocycles. The number of benzene rings is 1. The Morgan fingerprint density at radius 3 is 2.63 bits per heavy atom. The topological polar surface area (TPSA) is 130 Å². The highest BCUT2D eigenvalue weighted by Gasteiger charge is 2.25. The van der Waals surface area contributed by atoms with Crippen LogP contribution >= 0.6 is 36.2 Å². The molecule has 3 N–H and O–H groups in total. The van der Waals surface area contributed by atoms with Crippen LogP contribution in [0.1, 0.15) is 23.0 Å². The van der Waals surface area contributed by atoms with Crippen molar-refractivity contribution in [1.82, 2.24) is 10.3 Å². The summed E-state index contributed by atoms with van der Waals surface area (Å²) in [5, 5.41) is 15.8. The van der Waals surface area contributed by atoms with E-state index in [4.69, 9.17) is 15.2 Å². The zero-order valence-corrected chi connectivity index (χ0v) is 17.0. The van der Waals surface area contributed by atoms with Crippen molar-refractivity contribution in [2.24, 2.45) is 5.73 Å². The van der Waals surface area contributed by atoms with Crippen molar-refractivity contribution in [3.05, 3.63) is 44.4 Å². The molecule has 0 aliphatic rings. The van der Waals surface area contributed by atoms with Gasteiger partial charge in [-0.25, -0.2) is 4.98 Å². The number of nitrogens with zero attached hydrogens (tertiary/aromatic N) is 2. The van der Waals surface area contributed by atoms with Crippen molar-refractivity contribution in [2.75, 3.05) is 13.7 Å². The Bertz CT molecular complexity index is 761. The van der Waals surface area contributed by atoms with Crippen LogP contribution in [-0.2, 0) is 6.61 Å². The van der Waals surface area contributed by atoms with Gasteiger partial charge in [-0.1, -0.05) is 0 Å². The van der Waals surface area contributed by atoms with Gasteiger partial charge in [-0.05, 0) is 6.92 Å². The van der Waals surface area contributed by atoms with Crippen LogP contribution < -0.4 is 20.5 Å². The Morgan fingerprint density at radius 2 is 2.11 bits per heavy atom. The van der Waals surface area contributed by atoms with Crippen LogP contribution in [0.2, 0.25) is 0 Å². The minimum Gasteiger partial charge on any atom is -0.493 e. The molecule has 0 aliphatic carbocycles. The van der Waals surface area contributed by atoms with Gasteiger partial charge in [0.1, 0.15) is 12.2 Å². The second kappa shape index (κ2) is 11.5. The van der Waals surface area contributed by atoms with Crippen molar-refractivity contribution in [3.63, 3.8) is 0 Å². The molecule has 2 rings (SSSR count). The number of carbonyl (C=O) groups is 1. The molecular formula is C15H20Cl2N4O5S. The molecule has 0 spiro atoms. The van der Waals surface area contributed by atoms with Crippen molar-refractivity contribution in [1.29, 1.82) is 0 Å². The van der Waals surface area contributed by atoms with Gasteiger partial charge in [-0.15, -0.1) is 36.2 Å². The summed E-state index contributed by atoms with van der Waals surface area (Å²) in [5.74, 6) is -0.231. The van der Waals surface area contributed by atoms with Crippen molar-refractivity contribution >= 4 is 47.7 Å². The normalized spacial score (nSPS) is 10.8. The molecule has 0 saturated heterocycles. The lowest BCUT2D eigenvalue weighted by Gasteiger charge is -2.14. The average Bonchev–Trinajstić information content (AvgIpc) is 3.12. The highest BCUT2D eigenvalue weighted by atomic mass is 35.5. The summed E-state index contributed by atoms with van der Waals surface area (Å²) in [4.78, 5) is 27.1. The first-order valence-corrected chi connectivity index (χ1v) is 8.27. The molecule has 1 aromatic carbocycles. The summed E-state index contributed by atoms with van der Waals surface area (Å²) in [6, 6.07) is 2.14. The molecule has 12 heteroatoms. The lowest BCUT2D eigenvalue weighted by molar-refractivity contribution is -0.385. The first-order chi connectivity index (χ1) is 12.0. The fourth-order valence-electron chi connectivity index (χ4n) is 1.98. The van der Waals surface area contributed by atoms with E-state index in [2.05, 4.69) is 10.3 Å². The smallest absolute Gasteiger partial charge is 0.286 e. The van der Waals surface area contributed by atoms with Crippen LogP contribution in [0.15, 0.2) is 23.0 Å². The largest absolute Gasteiger partial charge is 0.493 e. The molecule has 0 unspecified atom stereocenters. The molecule has 150 valence electrons. The number of rotatable bonds is 8. The van der Waals surface area contributed by atoms with E-state index < -0.39 is 10.8 Å². The van der Waals surface area contributed by atoms with Crippen molar-refractivity contribution < 1.29 is 19.2 Å². The van der Waals surface area contributed by atoms with Gasteiger partial charge in [-0.2, -0.15) is 0 Å². The predicted molar refractivity (Wildman–Crippen MR) is 107 cm³/mol. The van der Waals surface area contributed by atoms with E-state index in [-0.39, 0.29) is 66.8 Å². The molecule has 9 nitrogen and oxygen atoms in total. The molecule has 0 saturated carbocycles. The number of hydrogen-bond donors (Lipinski definition) is 2. The van der Waals surface area contributed by atoms with E-state index in [1.807, 2.05) is 0 Å². The number of nitro benzene ring substituents is 1. The number of ether oxygens (including phenoxy) is 2. The van der Waals surface area contributed by atoms with Gasteiger partial charge >= 0.3 is 0 Å². The maximum Gasteiger partial charge on any atom is 0.286 e. The third-order valence-electron chi connectivity index (χ3n) is 3.31. The van der Waals surface area contributed by atoms with Crippen LogP contribution in [0, 0.1) is 10.1 Å². The molecule has 0 bridgehead atoms.